The number of rotatable bonds is 3. The van der Waals surface area contributed by atoms with Gasteiger partial charge in [0.05, 0.1) is 0 Å². The maximum Gasteiger partial charge on any atom is 0.278 e. The summed E-state index contributed by atoms with van der Waals surface area (Å²) in [5.41, 5.74) is 2.51. The average Bonchev–Trinajstić information content (AvgIpc) is 3.09. The van der Waals surface area contributed by atoms with Crippen LogP contribution in [-0.2, 0) is 0 Å². The molecular formula is C13H13N5O. The van der Waals surface area contributed by atoms with Crippen LogP contribution < -0.4 is 0 Å². The molecular weight excluding hydrogens is 242 g/mol. The first-order valence-electron chi connectivity index (χ1n) is 6.04. The highest BCUT2D eigenvalue weighted by Crippen LogP contribution is 2.22. The van der Waals surface area contributed by atoms with Crippen molar-refractivity contribution < 1.29 is 4.52 Å². The fourth-order valence-electron chi connectivity index (χ4n) is 1.68. The van der Waals surface area contributed by atoms with Gasteiger partial charge < -0.3 is 4.52 Å². The van der Waals surface area contributed by atoms with Crippen molar-refractivity contribution in [2.45, 2.75) is 19.8 Å². The lowest BCUT2D eigenvalue weighted by Crippen LogP contribution is -1.85. The Bertz CT molecular complexity index is 671. The van der Waals surface area contributed by atoms with Gasteiger partial charge in [0.15, 0.2) is 5.69 Å². The minimum absolute atomic E-state index is 0.377. The van der Waals surface area contributed by atoms with Crippen LogP contribution in [0.4, 0.5) is 0 Å². The monoisotopic (exact) mass is 255 g/mol. The minimum atomic E-state index is 0.377. The van der Waals surface area contributed by atoms with Crippen LogP contribution in [0.15, 0.2) is 35.1 Å². The molecule has 0 fully saturated rings. The number of nitrogens with zero attached hydrogens (tertiary/aromatic N) is 4. The Balaban J connectivity index is 1.92. The van der Waals surface area contributed by atoms with Crippen molar-refractivity contribution >= 4 is 0 Å². The molecule has 0 radical (unpaired) electrons. The van der Waals surface area contributed by atoms with E-state index in [-0.39, 0.29) is 0 Å². The first kappa shape index (κ1) is 11.6. The molecule has 0 aliphatic carbocycles. The molecule has 6 nitrogen and oxygen atoms in total. The van der Waals surface area contributed by atoms with Gasteiger partial charge in [-0.15, -0.1) is 0 Å². The summed E-state index contributed by atoms with van der Waals surface area (Å²) >= 11 is 0. The summed E-state index contributed by atoms with van der Waals surface area (Å²) in [6, 6.07) is 5.63. The lowest BCUT2D eigenvalue weighted by atomic mass is 10.1. The van der Waals surface area contributed by atoms with E-state index < -0.39 is 0 Å². The number of hydrogen-bond acceptors (Lipinski definition) is 5. The third kappa shape index (κ3) is 2.24. The van der Waals surface area contributed by atoms with Crippen LogP contribution in [0.3, 0.4) is 0 Å². The molecule has 3 aromatic heterocycles. The van der Waals surface area contributed by atoms with Gasteiger partial charge >= 0.3 is 0 Å². The lowest BCUT2D eigenvalue weighted by molar-refractivity contribution is 0.431. The SMILES string of the molecule is CC(C)c1cc(-c2nc(-c3cccnc3)no2)n[nH]1. The molecule has 0 saturated heterocycles. The molecule has 3 heterocycles. The molecule has 0 aliphatic heterocycles. The van der Waals surface area contributed by atoms with Crippen molar-refractivity contribution in [2.24, 2.45) is 0 Å². The number of hydrogen-bond donors (Lipinski definition) is 1. The number of nitrogens with one attached hydrogen (secondary N) is 1. The fourth-order valence-corrected chi connectivity index (χ4v) is 1.68. The van der Waals surface area contributed by atoms with Crippen molar-refractivity contribution in [1.82, 2.24) is 25.3 Å². The summed E-state index contributed by atoms with van der Waals surface area (Å²) in [4.78, 5) is 8.35. The predicted molar refractivity (Wildman–Crippen MR) is 69.2 cm³/mol. The Hall–Kier alpha value is -2.50. The van der Waals surface area contributed by atoms with Crippen LogP contribution >= 0.6 is 0 Å². The Labute approximate surface area is 109 Å². The summed E-state index contributed by atoms with van der Waals surface area (Å²) in [7, 11) is 0. The number of aromatic nitrogens is 5. The van der Waals surface area contributed by atoms with E-state index in [0.717, 1.165) is 11.3 Å². The Kier molecular flexibility index (Phi) is 2.83. The van der Waals surface area contributed by atoms with Gasteiger partial charge in [0, 0.05) is 23.7 Å². The first-order valence-corrected chi connectivity index (χ1v) is 6.04. The number of H-pyrrole nitrogens is 1. The van der Waals surface area contributed by atoms with Crippen molar-refractivity contribution in [2.75, 3.05) is 0 Å². The van der Waals surface area contributed by atoms with Gasteiger partial charge in [-0.1, -0.05) is 19.0 Å². The second-order valence-corrected chi connectivity index (χ2v) is 4.53. The van der Waals surface area contributed by atoms with Crippen molar-refractivity contribution in [3.8, 4) is 23.0 Å². The van der Waals surface area contributed by atoms with Gasteiger partial charge in [-0.25, -0.2) is 0 Å². The maximum atomic E-state index is 5.23. The third-order valence-electron chi connectivity index (χ3n) is 2.78. The zero-order valence-electron chi connectivity index (χ0n) is 10.7. The van der Waals surface area contributed by atoms with E-state index in [1.807, 2.05) is 18.2 Å². The number of aromatic amines is 1. The Morgan fingerprint density at radius 1 is 1.32 bits per heavy atom. The maximum absolute atomic E-state index is 5.23. The van der Waals surface area contributed by atoms with Crippen molar-refractivity contribution in [3.05, 3.63) is 36.3 Å². The molecule has 0 amide bonds. The molecule has 3 rings (SSSR count). The summed E-state index contributed by atoms with van der Waals surface area (Å²) in [6.07, 6.45) is 3.39. The zero-order valence-corrected chi connectivity index (χ0v) is 10.7. The average molecular weight is 255 g/mol. The molecule has 96 valence electrons. The van der Waals surface area contributed by atoms with Gasteiger partial charge in [-0.2, -0.15) is 10.1 Å². The van der Waals surface area contributed by atoms with Gasteiger partial charge in [-0.05, 0) is 24.1 Å². The van der Waals surface area contributed by atoms with Crippen LogP contribution in [0.5, 0.6) is 0 Å². The fraction of sp³-hybridized carbons (Fsp3) is 0.231. The molecule has 0 bridgehead atoms. The van der Waals surface area contributed by atoms with Crippen LogP contribution in [0.25, 0.3) is 23.0 Å². The molecule has 0 saturated carbocycles. The molecule has 1 N–H and O–H groups in total. The summed E-state index contributed by atoms with van der Waals surface area (Å²) in [5.74, 6) is 1.29. The van der Waals surface area contributed by atoms with E-state index in [9.17, 15) is 0 Å². The van der Waals surface area contributed by atoms with E-state index in [2.05, 4.69) is 39.2 Å². The third-order valence-corrected chi connectivity index (χ3v) is 2.78. The highest BCUT2D eigenvalue weighted by molar-refractivity contribution is 5.56. The largest absolute Gasteiger partial charge is 0.332 e. The summed E-state index contributed by atoms with van der Waals surface area (Å²) in [6.45, 7) is 4.18. The van der Waals surface area contributed by atoms with Gasteiger partial charge in [0.1, 0.15) is 0 Å². The van der Waals surface area contributed by atoms with Crippen LogP contribution in [0, 0.1) is 0 Å². The van der Waals surface area contributed by atoms with E-state index in [1.165, 1.54) is 0 Å². The normalized spacial score (nSPS) is 11.1. The van der Waals surface area contributed by atoms with Gasteiger partial charge in [0.25, 0.3) is 5.89 Å². The number of pyridine rings is 1. The van der Waals surface area contributed by atoms with Gasteiger partial charge in [0.2, 0.25) is 5.82 Å². The molecule has 0 spiro atoms. The van der Waals surface area contributed by atoms with Crippen molar-refractivity contribution in [3.63, 3.8) is 0 Å². The van der Waals surface area contributed by atoms with E-state index in [4.69, 9.17) is 4.52 Å². The molecule has 0 aromatic carbocycles. The van der Waals surface area contributed by atoms with Crippen LogP contribution in [0.1, 0.15) is 25.5 Å². The topological polar surface area (TPSA) is 80.5 Å². The second-order valence-electron chi connectivity index (χ2n) is 4.53. The second kappa shape index (κ2) is 4.64. The highest BCUT2D eigenvalue weighted by Gasteiger charge is 2.14. The smallest absolute Gasteiger partial charge is 0.278 e. The first-order chi connectivity index (χ1) is 9.24. The zero-order chi connectivity index (χ0) is 13.2. The molecule has 0 atom stereocenters. The summed E-state index contributed by atoms with van der Waals surface area (Å²) < 4.78 is 5.23. The highest BCUT2D eigenvalue weighted by atomic mass is 16.5. The van der Waals surface area contributed by atoms with Crippen LogP contribution in [-0.4, -0.2) is 25.3 Å². The van der Waals surface area contributed by atoms with Gasteiger partial charge in [-0.3, -0.25) is 10.1 Å². The molecule has 19 heavy (non-hydrogen) atoms. The Morgan fingerprint density at radius 3 is 2.89 bits per heavy atom. The van der Waals surface area contributed by atoms with E-state index in [1.54, 1.807) is 12.4 Å². The van der Waals surface area contributed by atoms with E-state index in [0.29, 0.717) is 23.3 Å². The lowest BCUT2D eigenvalue weighted by Gasteiger charge is -1.95. The standard InChI is InChI=1S/C13H13N5O/c1-8(2)10-6-11(17-16-10)13-15-12(18-19-13)9-4-3-5-14-7-9/h3-8H,1-2H3,(H,16,17). The van der Waals surface area contributed by atoms with E-state index >= 15 is 0 Å². The van der Waals surface area contributed by atoms with Crippen LogP contribution in [0.2, 0.25) is 0 Å². The predicted octanol–water partition coefficient (Wildman–Crippen LogP) is 2.65. The summed E-state index contributed by atoms with van der Waals surface area (Å²) in [5, 5.41) is 11.1. The minimum Gasteiger partial charge on any atom is -0.332 e. The van der Waals surface area contributed by atoms with Crippen molar-refractivity contribution in [1.29, 1.82) is 0 Å². The Morgan fingerprint density at radius 2 is 2.21 bits per heavy atom. The molecule has 6 heteroatoms. The quantitative estimate of drug-likeness (QED) is 0.778. The molecule has 3 aromatic rings. The molecule has 0 aliphatic rings. The molecule has 0 unspecified atom stereocenters.